The van der Waals surface area contributed by atoms with E-state index in [0.717, 1.165) is 10.0 Å². The Hall–Kier alpha value is -1.62. The molecule has 0 unspecified atom stereocenters. The van der Waals surface area contributed by atoms with E-state index >= 15 is 0 Å². The minimum absolute atomic E-state index is 0.362. The molecule has 1 aromatic carbocycles. The summed E-state index contributed by atoms with van der Waals surface area (Å²) < 4.78 is 0.894. The highest BCUT2D eigenvalue weighted by molar-refractivity contribution is 9.10. The normalized spacial score (nSPS) is 10.4. The van der Waals surface area contributed by atoms with E-state index in [0.29, 0.717) is 11.3 Å². The first kappa shape index (κ1) is 10.9. The van der Waals surface area contributed by atoms with Gasteiger partial charge in [0.15, 0.2) is 0 Å². The van der Waals surface area contributed by atoms with Gasteiger partial charge in [0.25, 0.3) is 5.56 Å². The highest BCUT2D eigenvalue weighted by Gasteiger charge is 2.06. The van der Waals surface area contributed by atoms with Crippen LogP contribution in [0.1, 0.15) is 5.56 Å². The third kappa shape index (κ3) is 1.99. The van der Waals surface area contributed by atoms with E-state index in [9.17, 15) is 9.59 Å². The zero-order chi connectivity index (χ0) is 11.7. The molecule has 5 heteroatoms. The van der Waals surface area contributed by atoms with Crippen LogP contribution >= 0.6 is 15.9 Å². The van der Waals surface area contributed by atoms with Crippen LogP contribution in [-0.2, 0) is 0 Å². The summed E-state index contributed by atoms with van der Waals surface area (Å²) in [7, 11) is 0. The molecule has 0 aliphatic rings. The molecule has 16 heavy (non-hydrogen) atoms. The Balaban J connectivity index is 2.74. The minimum atomic E-state index is -0.495. The van der Waals surface area contributed by atoms with Crippen LogP contribution in [-0.4, -0.2) is 9.97 Å². The van der Waals surface area contributed by atoms with Gasteiger partial charge in [-0.25, -0.2) is 4.79 Å². The number of nitrogens with one attached hydrogen (secondary N) is 2. The molecule has 0 saturated heterocycles. The lowest BCUT2D eigenvalue weighted by Crippen LogP contribution is -2.24. The molecule has 0 aliphatic heterocycles. The van der Waals surface area contributed by atoms with Crippen LogP contribution in [0, 0.1) is 6.92 Å². The second kappa shape index (κ2) is 4.09. The van der Waals surface area contributed by atoms with Crippen molar-refractivity contribution < 1.29 is 0 Å². The molecule has 2 N–H and O–H groups in total. The lowest BCUT2D eigenvalue weighted by Gasteiger charge is -2.04. The fourth-order valence-corrected chi connectivity index (χ4v) is 1.88. The van der Waals surface area contributed by atoms with Gasteiger partial charge in [-0.15, -0.1) is 0 Å². The first-order valence-electron chi connectivity index (χ1n) is 4.67. The molecule has 2 rings (SSSR count). The average Bonchev–Trinajstić information content (AvgIpc) is 2.23. The van der Waals surface area contributed by atoms with Crippen LogP contribution in [0.15, 0.2) is 38.3 Å². The standard InChI is InChI=1S/C11H9BrN2O2/c1-6-9(13-11(16)14-10(6)15)7-3-2-4-8(12)5-7/h2-5H,1H3,(H2,13,14,15,16). The molecule has 0 aliphatic carbocycles. The number of hydrogen-bond acceptors (Lipinski definition) is 2. The highest BCUT2D eigenvalue weighted by Crippen LogP contribution is 2.21. The lowest BCUT2D eigenvalue weighted by atomic mass is 10.1. The van der Waals surface area contributed by atoms with Crippen LogP contribution in [0.5, 0.6) is 0 Å². The molecular formula is C11H9BrN2O2. The van der Waals surface area contributed by atoms with Crippen molar-refractivity contribution >= 4 is 15.9 Å². The number of aromatic amines is 2. The van der Waals surface area contributed by atoms with E-state index in [1.165, 1.54) is 0 Å². The second-order valence-corrected chi connectivity index (χ2v) is 4.33. The van der Waals surface area contributed by atoms with Gasteiger partial charge in [-0.1, -0.05) is 28.1 Å². The van der Waals surface area contributed by atoms with Crippen molar-refractivity contribution in [2.75, 3.05) is 0 Å². The van der Waals surface area contributed by atoms with Crippen molar-refractivity contribution in [3.05, 3.63) is 55.1 Å². The van der Waals surface area contributed by atoms with Gasteiger partial charge in [0.2, 0.25) is 0 Å². The van der Waals surface area contributed by atoms with E-state index < -0.39 is 5.69 Å². The van der Waals surface area contributed by atoms with Crippen molar-refractivity contribution in [2.45, 2.75) is 6.92 Å². The van der Waals surface area contributed by atoms with E-state index in [1.807, 2.05) is 24.3 Å². The molecule has 0 atom stereocenters. The zero-order valence-electron chi connectivity index (χ0n) is 8.50. The highest BCUT2D eigenvalue weighted by atomic mass is 79.9. The van der Waals surface area contributed by atoms with Crippen LogP contribution in [0.4, 0.5) is 0 Å². The molecule has 0 saturated carbocycles. The summed E-state index contributed by atoms with van der Waals surface area (Å²) >= 11 is 3.34. The Bertz CT molecular complexity index is 643. The van der Waals surface area contributed by atoms with Gasteiger partial charge in [0.05, 0.1) is 5.69 Å². The summed E-state index contributed by atoms with van der Waals surface area (Å²) in [5, 5.41) is 0. The van der Waals surface area contributed by atoms with Crippen LogP contribution in [0.25, 0.3) is 11.3 Å². The second-order valence-electron chi connectivity index (χ2n) is 3.42. The number of rotatable bonds is 1. The summed E-state index contributed by atoms with van der Waals surface area (Å²) in [5.41, 5.74) is 0.993. The molecule has 0 bridgehead atoms. The molecular weight excluding hydrogens is 272 g/mol. The maximum absolute atomic E-state index is 11.4. The van der Waals surface area contributed by atoms with Gasteiger partial charge in [0.1, 0.15) is 0 Å². The summed E-state index contributed by atoms with van der Waals surface area (Å²) in [6.45, 7) is 1.67. The predicted octanol–water partition coefficient (Wildman–Crippen LogP) is 1.80. The van der Waals surface area contributed by atoms with Gasteiger partial charge in [-0.3, -0.25) is 9.78 Å². The van der Waals surface area contributed by atoms with Gasteiger partial charge >= 0.3 is 5.69 Å². The first-order valence-corrected chi connectivity index (χ1v) is 5.46. The molecule has 2 aromatic rings. The topological polar surface area (TPSA) is 65.7 Å². The fraction of sp³-hybridized carbons (Fsp3) is 0.0909. The predicted molar refractivity (Wildman–Crippen MR) is 65.6 cm³/mol. The summed E-state index contributed by atoms with van der Waals surface area (Å²) in [6.07, 6.45) is 0. The van der Waals surface area contributed by atoms with E-state index in [4.69, 9.17) is 0 Å². The van der Waals surface area contributed by atoms with Gasteiger partial charge in [0, 0.05) is 10.0 Å². The van der Waals surface area contributed by atoms with E-state index in [2.05, 4.69) is 25.9 Å². The van der Waals surface area contributed by atoms with Crippen molar-refractivity contribution in [1.29, 1.82) is 0 Å². The van der Waals surface area contributed by atoms with Crippen LogP contribution in [0.3, 0.4) is 0 Å². The number of aromatic nitrogens is 2. The molecule has 0 amide bonds. The molecule has 0 radical (unpaired) electrons. The molecule has 4 nitrogen and oxygen atoms in total. The van der Waals surface area contributed by atoms with Crippen molar-refractivity contribution in [1.82, 2.24) is 9.97 Å². The smallest absolute Gasteiger partial charge is 0.307 e. The third-order valence-electron chi connectivity index (χ3n) is 2.29. The Labute approximate surface area is 99.5 Å². The average molecular weight is 281 g/mol. The number of hydrogen-bond donors (Lipinski definition) is 2. The molecule has 0 spiro atoms. The van der Waals surface area contributed by atoms with Crippen LogP contribution in [0.2, 0.25) is 0 Å². The van der Waals surface area contributed by atoms with Crippen molar-refractivity contribution in [2.24, 2.45) is 0 Å². The number of benzene rings is 1. The zero-order valence-corrected chi connectivity index (χ0v) is 10.1. The molecule has 0 fully saturated rings. The maximum atomic E-state index is 11.4. The maximum Gasteiger partial charge on any atom is 0.326 e. The van der Waals surface area contributed by atoms with Crippen molar-refractivity contribution in [3.63, 3.8) is 0 Å². The molecule has 1 heterocycles. The Morgan fingerprint density at radius 2 is 1.94 bits per heavy atom. The largest absolute Gasteiger partial charge is 0.326 e. The third-order valence-corrected chi connectivity index (χ3v) is 2.79. The van der Waals surface area contributed by atoms with Gasteiger partial charge in [-0.05, 0) is 24.6 Å². The summed E-state index contributed by atoms with van der Waals surface area (Å²) in [4.78, 5) is 27.4. The SMILES string of the molecule is Cc1c(-c2cccc(Br)c2)[nH]c(=O)[nH]c1=O. The van der Waals surface area contributed by atoms with E-state index in [-0.39, 0.29) is 5.56 Å². The van der Waals surface area contributed by atoms with Crippen molar-refractivity contribution in [3.8, 4) is 11.3 Å². The minimum Gasteiger partial charge on any atom is -0.307 e. The fourth-order valence-electron chi connectivity index (χ4n) is 1.48. The van der Waals surface area contributed by atoms with Gasteiger partial charge in [-0.2, -0.15) is 0 Å². The van der Waals surface area contributed by atoms with E-state index in [1.54, 1.807) is 6.92 Å². The Kier molecular flexibility index (Phi) is 2.78. The molecule has 1 aromatic heterocycles. The summed E-state index contributed by atoms with van der Waals surface area (Å²) in [5.74, 6) is 0. The van der Waals surface area contributed by atoms with Gasteiger partial charge < -0.3 is 4.98 Å². The van der Waals surface area contributed by atoms with Crippen LogP contribution < -0.4 is 11.2 Å². The molecule has 82 valence electrons. The lowest BCUT2D eigenvalue weighted by molar-refractivity contribution is 1.01. The number of halogens is 1. The monoisotopic (exact) mass is 280 g/mol. The Morgan fingerprint density at radius 1 is 1.19 bits per heavy atom. The summed E-state index contributed by atoms with van der Waals surface area (Å²) in [6, 6.07) is 7.41. The number of H-pyrrole nitrogens is 2. The quantitative estimate of drug-likeness (QED) is 0.837. The first-order chi connectivity index (χ1) is 7.58. The Morgan fingerprint density at radius 3 is 2.62 bits per heavy atom.